The third-order valence-corrected chi connectivity index (χ3v) is 6.44. The quantitative estimate of drug-likeness (QED) is 0.782. The first kappa shape index (κ1) is 14.2. The molecule has 112 valence electrons. The van der Waals surface area contributed by atoms with Gasteiger partial charge in [-0.15, -0.1) is 11.6 Å². The average molecular weight is 301 g/mol. The van der Waals surface area contributed by atoms with Gasteiger partial charge >= 0.3 is 11.9 Å². The van der Waals surface area contributed by atoms with E-state index in [1.165, 1.54) is 0 Å². The van der Waals surface area contributed by atoms with Gasteiger partial charge in [-0.3, -0.25) is 9.59 Å². The molecule has 5 heteroatoms. The molecular weight excluding hydrogens is 280 g/mol. The van der Waals surface area contributed by atoms with Crippen molar-refractivity contribution < 1.29 is 19.8 Å². The number of hydrogen-bond donors (Lipinski definition) is 2. The predicted molar refractivity (Wildman–Crippen MR) is 73.7 cm³/mol. The van der Waals surface area contributed by atoms with Crippen LogP contribution in [0.3, 0.4) is 0 Å². The topological polar surface area (TPSA) is 74.6 Å². The number of halogens is 1. The number of hydrogen-bond acceptors (Lipinski definition) is 2. The van der Waals surface area contributed by atoms with Crippen molar-refractivity contribution in [3.8, 4) is 0 Å². The van der Waals surface area contributed by atoms with Crippen LogP contribution in [-0.2, 0) is 9.59 Å². The lowest BCUT2D eigenvalue weighted by Crippen LogP contribution is -2.60. The highest BCUT2D eigenvalue weighted by atomic mass is 35.5. The van der Waals surface area contributed by atoms with Crippen LogP contribution in [0.4, 0.5) is 0 Å². The Balaban J connectivity index is 1.99. The maximum atomic E-state index is 11.4. The number of carboxylic acids is 2. The molecule has 0 heterocycles. The van der Waals surface area contributed by atoms with Crippen molar-refractivity contribution in [2.24, 2.45) is 22.2 Å². The van der Waals surface area contributed by atoms with Gasteiger partial charge in [-0.1, -0.05) is 6.92 Å². The molecule has 0 aliphatic heterocycles. The lowest BCUT2D eigenvalue weighted by molar-refractivity contribution is -0.174. The monoisotopic (exact) mass is 300 g/mol. The molecule has 4 fully saturated rings. The van der Waals surface area contributed by atoms with Crippen LogP contribution in [0.5, 0.6) is 0 Å². The molecule has 0 saturated heterocycles. The minimum absolute atomic E-state index is 0.0669. The van der Waals surface area contributed by atoms with Gasteiger partial charge in [0.25, 0.3) is 0 Å². The van der Waals surface area contributed by atoms with E-state index in [1.807, 2.05) is 0 Å². The molecule has 4 rings (SSSR count). The molecule has 0 radical (unpaired) electrons. The van der Waals surface area contributed by atoms with E-state index in [1.54, 1.807) is 0 Å². The van der Waals surface area contributed by atoms with E-state index in [-0.39, 0.29) is 17.3 Å². The van der Waals surface area contributed by atoms with Crippen LogP contribution in [-0.4, -0.2) is 27.5 Å². The Labute approximate surface area is 123 Å². The van der Waals surface area contributed by atoms with Crippen molar-refractivity contribution in [3.05, 3.63) is 0 Å². The molecule has 4 bridgehead atoms. The van der Waals surface area contributed by atoms with Crippen LogP contribution in [0.2, 0.25) is 0 Å². The molecule has 0 amide bonds. The van der Waals surface area contributed by atoms with Gasteiger partial charge in [0.2, 0.25) is 0 Å². The van der Waals surface area contributed by atoms with Gasteiger partial charge in [0.05, 0.1) is 6.42 Å². The summed E-state index contributed by atoms with van der Waals surface area (Å²) < 4.78 is 0. The molecule has 4 aliphatic rings. The molecule has 0 aromatic carbocycles. The third-order valence-electron chi connectivity index (χ3n) is 5.79. The molecule has 0 aromatic rings. The van der Waals surface area contributed by atoms with Crippen LogP contribution >= 0.6 is 11.6 Å². The normalized spacial score (nSPS) is 47.2. The molecular formula is C15H21ClO4. The first-order valence-corrected chi connectivity index (χ1v) is 7.70. The van der Waals surface area contributed by atoms with Crippen LogP contribution in [0.1, 0.15) is 51.9 Å². The van der Waals surface area contributed by atoms with Crippen molar-refractivity contribution in [2.75, 3.05) is 0 Å². The van der Waals surface area contributed by atoms with Crippen LogP contribution in [0.25, 0.3) is 0 Å². The summed E-state index contributed by atoms with van der Waals surface area (Å²) in [5.41, 5.74) is -0.572. The highest BCUT2D eigenvalue weighted by molar-refractivity contribution is 6.30. The lowest BCUT2D eigenvalue weighted by Gasteiger charge is -2.66. The van der Waals surface area contributed by atoms with Gasteiger partial charge in [-0.05, 0) is 60.7 Å². The summed E-state index contributed by atoms with van der Waals surface area (Å²) >= 11 is 6.25. The molecule has 2 N–H and O–H groups in total. The van der Waals surface area contributed by atoms with Gasteiger partial charge in [0.15, 0.2) is 0 Å². The number of rotatable bonds is 4. The Morgan fingerprint density at radius 2 is 1.90 bits per heavy atom. The smallest absolute Gasteiger partial charge is 0.322 e. The first-order valence-electron chi connectivity index (χ1n) is 7.26. The largest absolute Gasteiger partial charge is 0.481 e. The highest BCUT2D eigenvalue weighted by Gasteiger charge is 2.64. The summed E-state index contributed by atoms with van der Waals surface area (Å²) in [6.45, 7) is 2.19. The Morgan fingerprint density at radius 1 is 1.20 bits per heavy atom. The SMILES string of the molecule is C[C@]12C[C@H]3C[C@@](CC(=O)O)(C1)C[C@@]([C@H](Cl)C(=O)O)(C3)C2. The Morgan fingerprint density at radius 3 is 2.45 bits per heavy atom. The summed E-state index contributed by atoms with van der Waals surface area (Å²) in [5.74, 6) is -1.29. The summed E-state index contributed by atoms with van der Waals surface area (Å²) in [4.78, 5) is 22.6. The zero-order chi connectivity index (χ0) is 14.8. The van der Waals surface area contributed by atoms with E-state index in [0.29, 0.717) is 12.3 Å². The predicted octanol–water partition coefficient (Wildman–Crippen LogP) is 3.13. The number of carboxylic acid groups (broad SMARTS) is 2. The summed E-state index contributed by atoms with van der Waals surface area (Å²) in [7, 11) is 0. The second-order valence-electron chi connectivity index (χ2n) is 7.95. The van der Waals surface area contributed by atoms with E-state index in [4.69, 9.17) is 11.6 Å². The van der Waals surface area contributed by atoms with E-state index in [0.717, 1.165) is 32.1 Å². The Bertz CT molecular complexity index is 478. The highest BCUT2D eigenvalue weighted by Crippen LogP contribution is 2.71. The molecule has 4 aliphatic carbocycles. The van der Waals surface area contributed by atoms with Gasteiger partial charge < -0.3 is 10.2 Å². The zero-order valence-corrected chi connectivity index (χ0v) is 12.4. The maximum absolute atomic E-state index is 11.4. The van der Waals surface area contributed by atoms with Crippen LogP contribution in [0, 0.1) is 22.2 Å². The fraction of sp³-hybridized carbons (Fsp3) is 0.867. The third kappa shape index (κ3) is 2.03. The molecule has 4 saturated carbocycles. The van der Waals surface area contributed by atoms with Crippen molar-refractivity contribution in [2.45, 2.75) is 57.2 Å². The molecule has 0 unspecified atom stereocenters. The number of alkyl halides is 1. The summed E-state index contributed by atoms with van der Waals surface area (Å²) in [6.07, 6.45) is 5.44. The Hall–Kier alpha value is -0.770. The second kappa shape index (κ2) is 4.12. The van der Waals surface area contributed by atoms with Crippen molar-refractivity contribution in [3.63, 3.8) is 0 Å². The van der Waals surface area contributed by atoms with Gasteiger partial charge in [0.1, 0.15) is 5.38 Å². The summed E-state index contributed by atoms with van der Waals surface area (Å²) in [6, 6.07) is 0. The van der Waals surface area contributed by atoms with Crippen LogP contribution in [0.15, 0.2) is 0 Å². The molecule has 4 nitrogen and oxygen atoms in total. The number of carbonyl (C=O) groups is 2. The fourth-order valence-electron chi connectivity index (χ4n) is 6.29. The second-order valence-corrected chi connectivity index (χ2v) is 8.39. The molecule has 0 spiro atoms. The molecule has 0 aromatic heterocycles. The lowest BCUT2D eigenvalue weighted by atomic mass is 9.39. The van der Waals surface area contributed by atoms with E-state index in [2.05, 4.69) is 6.92 Å². The summed E-state index contributed by atoms with van der Waals surface area (Å²) in [5, 5.41) is 17.7. The van der Waals surface area contributed by atoms with Crippen LogP contribution < -0.4 is 0 Å². The van der Waals surface area contributed by atoms with Crippen molar-refractivity contribution in [1.29, 1.82) is 0 Å². The Kier molecular flexibility index (Phi) is 2.92. The van der Waals surface area contributed by atoms with E-state index in [9.17, 15) is 19.8 Å². The molecule has 5 atom stereocenters. The van der Waals surface area contributed by atoms with Gasteiger partial charge in [-0.2, -0.15) is 0 Å². The maximum Gasteiger partial charge on any atom is 0.322 e. The van der Waals surface area contributed by atoms with E-state index < -0.39 is 22.7 Å². The molecule has 20 heavy (non-hydrogen) atoms. The zero-order valence-electron chi connectivity index (χ0n) is 11.7. The minimum atomic E-state index is -0.956. The van der Waals surface area contributed by atoms with Crippen molar-refractivity contribution in [1.82, 2.24) is 0 Å². The fourth-order valence-corrected chi connectivity index (χ4v) is 6.53. The van der Waals surface area contributed by atoms with Gasteiger partial charge in [0, 0.05) is 0 Å². The van der Waals surface area contributed by atoms with Crippen molar-refractivity contribution >= 4 is 23.5 Å². The van der Waals surface area contributed by atoms with Gasteiger partial charge in [-0.25, -0.2) is 0 Å². The average Bonchev–Trinajstić information content (AvgIpc) is 2.22. The minimum Gasteiger partial charge on any atom is -0.481 e. The number of aliphatic carboxylic acids is 2. The van der Waals surface area contributed by atoms with E-state index >= 15 is 0 Å². The first-order chi connectivity index (χ1) is 9.18. The standard InChI is InChI=1S/C15H21ClO4/c1-13-2-9-3-14(6-13,5-10(17)18)8-15(4-9,7-13)11(16)12(19)20/h9,11H,2-8H2,1H3,(H,17,18)(H,19,20)/t9-,11+,13-,14+,15+/m0/s1.